The highest BCUT2D eigenvalue weighted by Crippen LogP contribution is 2.34. The molecule has 0 spiro atoms. The Bertz CT molecular complexity index is 1260. The van der Waals surface area contributed by atoms with Gasteiger partial charge in [-0.25, -0.2) is 9.18 Å². The van der Waals surface area contributed by atoms with E-state index in [1.807, 2.05) is 29.3 Å². The Balaban J connectivity index is 1.17. The number of rotatable bonds is 6. The van der Waals surface area contributed by atoms with Crippen LogP contribution in [-0.2, 0) is 22.6 Å². The summed E-state index contributed by atoms with van der Waals surface area (Å²) in [7, 11) is 0. The van der Waals surface area contributed by atoms with E-state index >= 15 is 0 Å². The number of H-pyrrole nitrogens is 1. The van der Waals surface area contributed by atoms with Crippen LogP contribution in [0.4, 0.5) is 9.18 Å². The number of aromatic amines is 1. The molecule has 0 aliphatic carbocycles. The first-order valence-electron chi connectivity index (χ1n) is 12.1. The summed E-state index contributed by atoms with van der Waals surface area (Å²) in [6.45, 7) is 3.00. The molecule has 182 valence electrons. The van der Waals surface area contributed by atoms with Gasteiger partial charge in [-0.2, -0.15) is 0 Å². The third kappa shape index (κ3) is 4.40. The summed E-state index contributed by atoms with van der Waals surface area (Å²) in [5, 5.41) is 4.04. The van der Waals surface area contributed by atoms with Crippen molar-refractivity contribution in [1.82, 2.24) is 20.1 Å². The minimum atomic E-state index is -1.00. The van der Waals surface area contributed by atoms with Crippen LogP contribution in [0.25, 0.3) is 10.9 Å². The van der Waals surface area contributed by atoms with Gasteiger partial charge in [-0.05, 0) is 61.4 Å². The number of carbonyl (C=O) groups excluding carboxylic acids is 3. The van der Waals surface area contributed by atoms with E-state index in [2.05, 4.69) is 16.4 Å². The number of nitrogens with zero attached hydrogens (tertiary/aromatic N) is 2. The average Bonchev–Trinajstić information content (AvgIpc) is 3.38. The lowest BCUT2D eigenvalue weighted by molar-refractivity contribution is -0.135. The first-order chi connectivity index (χ1) is 16.8. The summed E-state index contributed by atoms with van der Waals surface area (Å²) in [4.78, 5) is 45.1. The highest BCUT2D eigenvalue weighted by Gasteiger charge is 2.52. The summed E-state index contributed by atoms with van der Waals surface area (Å²) in [5.41, 5.74) is 1.89. The number of piperidine rings is 1. The molecule has 2 fully saturated rings. The van der Waals surface area contributed by atoms with Gasteiger partial charge in [-0.15, -0.1) is 0 Å². The van der Waals surface area contributed by atoms with Gasteiger partial charge >= 0.3 is 6.03 Å². The number of urea groups is 1. The number of nitrogens with one attached hydrogen (secondary N) is 2. The number of hydrogen-bond acceptors (Lipinski definition) is 3. The Kier molecular flexibility index (Phi) is 6.05. The molecule has 1 atom stereocenters. The van der Waals surface area contributed by atoms with Crippen LogP contribution in [0.15, 0.2) is 54.7 Å². The predicted molar refractivity (Wildman–Crippen MR) is 130 cm³/mol. The molecule has 7 nitrogen and oxygen atoms in total. The third-order valence-electron chi connectivity index (χ3n) is 7.50. The normalized spacial score (nSPS) is 21.1. The van der Waals surface area contributed by atoms with Crippen LogP contribution in [0, 0.1) is 11.7 Å². The number of aryl methyl sites for hydroxylation is 1. The van der Waals surface area contributed by atoms with E-state index in [4.69, 9.17) is 0 Å². The van der Waals surface area contributed by atoms with Crippen molar-refractivity contribution in [2.75, 3.05) is 13.1 Å². The maximum absolute atomic E-state index is 13.2. The zero-order valence-electron chi connectivity index (χ0n) is 19.7. The van der Waals surface area contributed by atoms with E-state index in [-0.39, 0.29) is 30.1 Å². The van der Waals surface area contributed by atoms with Crippen molar-refractivity contribution in [3.63, 3.8) is 0 Å². The van der Waals surface area contributed by atoms with Crippen molar-refractivity contribution in [2.24, 2.45) is 5.92 Å². The van der Waals surface area contributed by atoms with Crippen molar-refractivity contribution in [1.29, 1.82) is 0 Å². The van der Waals surface area contributed by atoms with Crippen LogP contribution in [0.3, 0.4) is 0 Å². The number of hydrogen-bond donors (Lipinski definition) is 2. The molecule has 2 aromatic carbocycles. The number of halogens is 1. The molecular weight excluding hydrogens is 447 g/mol. The van der Waals surface area contributed by atoms with Crippen LogP contribution in [-0.4, -0.2) is 51.3 Å². The number of para-hydroxylation sites is 1. The van der Waals surface area contributed by atoms with Crippen molar-refractivity contribution < 1.29 is 18.8 Å². The number of fused-ring (bicyclic) bond motifs is 1. The number of amides is 4. The Morgan fingerprint density at radius 2 is 1.80 bits per heavy atom. The van der Waals surface area contributed by atoms with E-state index in [9.17, 15) is 18.8 Å². The lowest BCUT2D eigenvalue weighted by Gasteiger charge is -2.39. The molecule has 2 saturated heterocycles. The van der Waals surface area contributed by atoms with E-state index in [1.165, 1.54) is 17.0 Å². The van der Waals surface area contributed by atoms with Gasteiger partial charge in [0.1, 0.15) is 11.4 Å². The number of likely N-dealkylation sites (tertiary alicyclic amines) is 1. The quantitative estimate of drug-likeness (QED) is 0.528. The number of aromatic nitrogens is 1. The van der Waals surface area contributed by atoms with Gasteiger partial charge in [-0.3, -0.25) is 14.5 Å². The topological polar surface area (TPSA) is 85.5 Å². The van der Waals surface area contributed by atoms with E-state index in [0.717, 1.165) is 16.5 Å². The summed E-state index contributed by atoms with van der Waals surface area (Å²) in [6.07, 6.45) is 4.37. The van der Waals surface area contributed by atoms with Crippen LogP contribution in [0.1, 0.15) is 37.3 Å². The Hall–Kier alpha value is -3.68. The van der Waals surface area contributed by atoms with Gasteiger partial charge in [0.25, 0.3) is 5.91 Å². The second-order valence-electron chi connectivity index (χ2n) is 9.66. The van der Waals surface area contributed by atoms with Crippen LogP contribution in [0.2, 0.25) is 0 Å². The molecule has 4 amide bonds. The second kappa shape index (κ2) is 9.17. The van der Waals surface area contributed by atoms with E-state index in [1.54, 1.807) is 19.1 Å². The van der Waals surface area contributed by atoms with Gasteiger partial charge in [0, 0.05) is 36.6 Å². The van der Waals surface area contributed by atoms with Crippen molar-refractivity contribution in [3.8, 4) is 0 Å². The SMILES string of the molecule is CC1(C2CCN(C(=O)CCc3c[nH]c4ccccc34)CC2)NC(=O)N(Cc2ccc(F)cc2)C1=O. The summed E-state index contributed by atoms with van der Waals surface area (Å²) < 4.78 is 13.2. The molecule has 0 radical (unpaired) electrons. The second-order valence-corrected chi connectivity index (χ2v) is 9.66. The molecule has 0 saturated carbocycles. The number of carbonyl (C=O) groups is 3. The molecule has 1 aromatic heterocycles. The number of benzene rings is 2. The van der Waals surface area contributed by atoms with Gasteiger partial charge in [0.2, 0.25) is 5.91 Å². The molecule has 2 aliphatic heterocycles. The smallest absolute Gasteiger partial charge is 0.325 e. The summed E-state index contributed by atoms with van der Waals surface area (Å²) >= 11 is 0. The van der Waals surface area contributed by atoms with Gasteiger partial charge in [0.05, 0.1) is 6.54 Å². The van der Waals surface area contributed by atoms with Crippen LogP contribution < -0.4 is 5.32 Å². The Morgan fingerprint density at radius 3 is 2.54 bits per heavy atom. The molecule has 1 unspecified atom stereocenters. The lowest BCUT2D eigenvalue weighted by Crippen LogP contribution is -2.54. The van der Waals surface area contributed by atoms with Gasteiger partial charge in [-0.1, -0.05) is 30.3 Å². The first-order valence-corrected chi connectivity index (χ1v) is 12.1. The fraction of sp³-hybridized carbons (Fsp3) is 0.370. The average molecular weight is 477 g/mol. The standard InChI is InChI=1S/C27H29FN4O3/c1-27(25(34)32(26(35)30-27)17-18-6-9-21(28)10-7-18)20-12-14-31(15-13-20)24(33)11-8-19-16-29-23-5-3-2-4-22(19)23/h2-7,9-10,16,20,29H,8,11-15,17H2,1H3,(H,30,35). The molecule has 8 heteroatoms. The van der Waals surface area contributed by atoms with Crippen molar-refractivity contribution >= 4 is 28.7 Å². The third-order valence-corrected chi connectivity index (χ3v) is 7.50. The first kappa shape index (κ1) is 23.1. The zero-order valence-corrected chi connectivity index (χ0v) is 19.7. The highest BCUT2D eigenvalue weighted by molar-refractivity contribution is 6.07. The Morgan fingerprint density at radius 1 is 1.09 bits per heavy atom. The molecule has 0 bridgehead atoms. The van der Waals surface area contributed by atoms with Gasteiger partial charge in [0.15, 0.2) is 0 Å². The molecule has 2 aliphatic rings. The molecule has 3 heterocycles. The monoisotopic (exact) mass is 476 g/mol. The predicted octanol–water partition coefficient (Wildman–Crippen LogP) is 3.99. The lowest BCUT2D eigenvalue weighted by atomic mass is 9.78. The molecule has 35 heavy (non-hydrogen) atoms. The highest BCUT2D eigenvalue weighted by atomic mass is 19.1. The van der Waals surface area contributed by atoms with E-state index in [0.29, 0.717) is 44.3 Å². The summed E-state index contributed by atoms with van der Waals surface area (Å²) in [5.74, 6) is -0.581. The van der Waals surface area contributed by atoms with Crippen molar-refractivity contribution in [3.05, 3.63) is 71.7 Å². The summed E-state index contributed by atoms with van der Waals surface area (Å²) in [6, 6.07) is 13.4. The van der Waals surface area contributed by atoms with Crippen LogP contribution >= 0.6 is 0 Å². The van der Waals surface area contributed by atoms with Crippen molar-refractivity contribution in [2.45, 2.75) is 44.7 Å². The minimum absolute atomic E-state index is 0.0603. The molecule has 2 N–H and O–H groups in total. The van der Waals surface area contributed by atoms with Gasteiger partial charge < -0.3 is 15.2 Å². The van der Waals surface area contributed by atoms with E-state index < -0.39 is 11.6 Å². The Labute approximate surface area is 203 Å². The fourth-order valence-corrected chi connectivity index (χ4v) is 5.35. The largest absolute Gasteiger partial charge is 0.361 e. The zero-order chi connectivity index (χ0) is 24.6. The number of imide groups is 1. The molecule has 3 aromatic rings. The maximum atomic E-state index is 13.2. The minimum Gasteiger partial charge on any atom is -0.361 e. The fourth-order valence-electron chi connectivity index (χ4n) is 5.35. The van der Waals surface area contributed by atoms with Crippen LogP contribution in [0.5, 0.6) is 0 Å². The maximum Gasteiger partial charge on any atom is 0.325 e. The molecular formula is C27H29FN4O3. The molecule has 5 rings (SSSR count).